The van der Waals surface area contributed by atoms with Crippen LogP contribution in [0.2, 0.25) is 0 Å². The molecule has 1 aromatic rings. The molecule has 1 N–H and O–H groups in total. The highest BCUT2D eigenvalue weighted by atomic mass is 16.2. The van der Waals surface area contributed by atoms with Gasteiger partial charge in [-0.15, -0.1) is 0 Å². The second-order valence-electron chi connectivity index (χ2n) is 5.60. The van der Waals surface area contributed by atoms with Gasteiger partial charge in [0, 0.05) is 31.6 Å². The molecule has 104 valence electrons. The smallest absolute Gasteiger partial charge is 0.224 e. The van der Waals surface area contributed by atoms with Crippen molar-refractivity contribution in [2.24, 2.45) is 0 Å². The largest absolute Gasteiger partial charge is 0.335 e. The molecule has 0 radical (unpaired) electrons. The zero-order valence-electron chi connectivity index (χ0n) is 11.9. The van der Waals surface area contributed by atoms with Gasteiger partial charge in [0.2, 0.25) is 5.91 Å². The lowest BCUT2D eigenvalue weighted by molar-refractivity contribution is -0.132. The Morgan fingerprint density at radius 1 is 1.32 bits per heavy atom. The molecule has 1 amide bonds. The van der Waals surface area contributed by atoms with E-state index in [4.69, 9.17) is 0 Å². The second kappa shape index (κ2) is 6.71. The van der Waals surface area contributed by atoms with Gasteiger partial charge in [-0.2, -0.15) is 0 Å². The van der Waals surface area contributed by atoms with Crippen LogP contribution in [0.5, 0.6) is 0 Å². The maximum Gasteiger partial charge on any atom is 0.224 e. The Balaban J connectivity index is 1.87. The number of carbonyl (C=O) groups is 1. The molecule has 1 saturated carbocycles. The van der Waals surface area contributed by atoms with E-state index in [0.29, 0.717) is 18.5 Å². The molecule has 0 aromatic heterocycles. The van der Waals surface area contributed by atoms with E-state index < -0.39 is 0 Å². The first-order valence-corrected chi connectivity index (χ1v) is 7.23. The normalized spacial score (nSPS) is 14.7. The lowest BCUT2D eigenvalue weighted by Crippen LogP contribution is -2.35. The highest BCUT2D eigenvalue weighted by Crippen LogP contribution is 2.28. The summed E-state index contributed by atoms with van der Waals surface area (Å²) < 4.78 is 0. The van der Waals surface area contributed by atoms with Crippen LogP contribution in [-0.2, 0) is 11.3 Å². The Morgan fingerprint density at radius 2 is 2.00 bits per heavy atom. The summed E-state index contributed by atoms with van der Waals surface area (Å²) in [6, 6.07) is 11.2. The molecule has 19 heavy (non-hydrogen) atoms. The number of rotatable bonds is 7. The zero-order valence-corrected chi connectivity index (χ0v) is 11.9. The Morgan fingerprint density at radius 3 is 2.58 bits per heavy atom. The van der Waals surface area contributed by atoms with Gasteiger partial charge < -0.3 is 10.2 Å². The molecular formula is C16H24N2O. The summed E-state index contributed by atoms with van der Waals surface area (Å²) in [5, 5.41) is 3.31. The Hall–Kier alpha value is -1.35. The van der Waals surface area contributed by atoms with E-state index in [2.05, 4.69) is 36.2 Å². The van der Waals surface area contributed by atoms with Crippen molar-refractivity contribution in [3.63, 3.8) is 0 Å². The summed E-state index contributed by atoms with van der Waals surface area (Å²) in [6.45, 7) is 5.74. The Labute approximate surface area is 116 Å². The van der Waals surface area contributed by atoms with Crippen molar-refractivity contribution >= 4 is 5.91 Å². The van der Waals surface area contributed by atoms with E-state index in [1.807, 2.05) is 18.2 Å². The van der Waals surface area contributed by atoms with Crippen LogP contribution in [-0.4, -0.2) is 29.4 Å². The molecule has 0 heterocycles. The lowest BCUT2D eigenvalue weighted by atomic mass is 10.2. The minimum Gasteiger partial charge on any atom is -0.335 e. The van der Waals surface area contributed by atoms with Crippen molar-refractivity contribution in [3.05, 3.63) is 35.9 Å². The molecule has 1 aromatic carbocycles. The van der Waals surface area contributed by atoms with Crippen LogP contribution in [0.4, 0.5) is 0 Å². The van der Waals surface area contributed by atoms with E-state index >= 15 is 0 Å². The quantitative estimate of drug-likeness (QED) is 0.817. The third kappa shape index (κ3) is 4.67. The van der Waals surface area contributed by atoms with Crippen LogP contribution < -0.4 is 5.32 Å². The average molecular weight is 260 g/mol. The third-order valence-electron chi connectivity index (χ3n) is 3.40. The standard InChI is InChI=1S/C16H24N2O/c1-13(2)17-11-10-16(19)18(15-8-9-15)12-14-6-4-3-5-7-14/h3-7,13,15,17H,8-12H2,1-2H3. The van der Waals surface area contributed by atoms with E-state index in [-0.39, 0.29) is 5.91 Å². The minimum atomic E-state index is 0.277. The zero-order chi connectivity index (χ0) is 13.7. The van der Waals surface area contributed by atoms with Crippen molar-refractivity contribution in [1.82, 2.24) is 10.2 Å². The number of hydrogen-bond acceptors (Lipinski definition) is 2. The molecule has 0 bridgehead atoms. The van der Waals surface area contributed by atoms with Crippen LogP contribution in [0.3, 0.4) is 0 Å². The molecule has 1 aliphatic carbocycles. The summed E-state index contributed by atoms with van der Waals surface area (Å²) in [5.41, 5.74) is 1.22. The van der Waals surface area contributed by atoms with Gasteiger partial charge >= 0.3 is 0 Å². The summed E-state index contributed by atoms with van der Waals surface area (Å²) in [5.74, 6) is 0.277. The molecule has 0 unspecified atom stereocenters. The van der Waals surface area contributed by atoms with E-state index in [1.165, 1.54) is 5.56 Å². The van der Waals surface area contributed by atoms with Crippen LogP contribution in [0, 0.1) is 0 Å². The van der Waals surface area contributed by atoms with Gasteiger partial charge in [-0.05, 0) is 18.4 Å². The summed E-state index contributed by atoms with van der Waals surface area (Å²) >= 11 is 0. The molecule has 0 atom stereocenters. The van der Waals surface area contributed by atoms with Gasteiger partial charge in [0.05, 0.1) is 0 Å². The van der Waals surface area contributed by atoms with E-state index in [1.54, 1.807) is 0 Å². The van der Waals surface area contributed by atoms with Crippen LogP contribution >= 0.6 is 0 Å². The number of nitrogens with one attached hydrogen (secondary N) is 1. The number of benzene rings is 1. The first-order chi connectivity index (χ1) is 9.16. The predicted octanol–water partition coefficient (Wildman–Crippen LogP) is 2.57. The van der Waals surface area contributed by atoms with Crippen molar-refractivity contribution in [2.45, 2.75) is 51.7 Å². The van der Waals surface area contributed by atoms with Gasteiger partial charge in [-0.25, -0.2) is 0 Å². The Kier molecular flexibility index (Phi) is 4.97. The second-order valence-corrected chi connectivity index (χ2v) is 5.60. The molecule has 0 saturated heterocycles. The van der Waals surface area contributed by atoms with Crippen LogP contribution in [0.15, 0.2) is 30.3 Å². The maximum atomic E-state index is 12.3. The van der Waals surface area contributed by atoms with Gasteiger partial charge in [0.25, 0.3) is 0 Å². The molecule has 3 nitrogen and oxygen atoms in total. The van der Waals surface area contributed by atoms with Crippen molar-refractivity contribution in [3.8, 4) is 0 Å². The molecule has 1 fully saturated rings. The highest BCUT2D eigenvalue weighted by molar-refractivity contribution is 5.77. The lowest BCUT2D eigenvalue weighted by Gasteiger charge is -2.23. The number of amides is 1. The molecule has 0 spiro atoms. The van der Waals surface area contributed by atoms with E-state index in [0.717, 1.165) is 25.9 Å². The first kappa shape index (κ1) is 14.1. The SMILES string of the molecule is CC(C)NCCC(=O)N(Cc1ccccc1)C1CC1. The topological polar surface area (TPSA) is 32.3 Å². The summed E-state index contributed by atoms with van der Waals surface area (Å²) in [6.07, 6.45) is 2.92. The van der Waals surface area contributed by atoms with Gasteiger partial charge in [-0.1, -0.05) is 44.2 Å². The predicted molar refractivity (Wildman–Crippen MR) is 77.8 cm³/mol. The molecular weight excluding hydrogens is 236 g/mol. The first-order valence-electron chi connectivity index (χ1n) is 7.23. The highest BCUT2D eigenvalue weighted by Gasteiger charge is 2.32. The van der Waals surface area contributed by atoms with Gasteiger partial charge in [0.15, 0.2) is 0 Å². The fraction of sp³-hybridized carbons (Fsp3) is 0.562. The van der Waals surface area contributed by atoms with Crippen LogP contribution in [0.25, 0.3) is 0 Å². The molecule has 2 rings (SSSR count). The summed E-state index contributed by atoms with van der Waals surface area (Å²) in [7, 11) is 0. The number of hydrogen-bond donors (Lipinski definition) is 1. The fourth-order valence-electron chi connectivity index (χ4n) is 2.20. The van der Waals surface area contributed by atoms with Gasteiger partial charge in [0.1, 0.15) is 0 Å². The van der Waals surface area contributed by atoms with Gasteiger partial charge in [-0.3, -0.25) is 4.79 Å². The van der Waals surface area contributed by atoms with Crippen molar-refractivity contribution in [2.75, 3.05) is 6.54 Å². The van der Waals surface area contributed by atoms with E-state index in [9.17, 15) is 4.79 Å². The maximum absolute atomic E-state index is 12.3. The Bertz CT molecular complexity index is 398. The van der Waals surface area contributed by atoms with Crippen molar-refractivity contribution in [1.29, 1.82) is 0 Å². The number of nitrogens with zero attached hydrogens (tertiary/aromatic N) is 1. The van der Waals surface area contributed by atoms with Crippen LogP contribution in [0.1, 0.15) is 38.7 Å². The third-order valence-corrected chi connectivity index (χ3v) is 3.40. The van der Waals surface area contributed by atoms with Crippen molar-refractivity contribution < 1.29 is 4.79 Å². The minimum absolute atomic E-state index is 0.277. The molecule has 1 aliphatic rings. The number of carbonyl (C=O) groups excluding carboxylic acids is 1. The molecule has 0 aliphatic heterocycles. The average Bonchev–Trinajstić information content (AvgIpc) is 3.21. The summed E-state index contributed by atoms with van der Waals surface area (Å²) in [4.78, 5) is 14.3. The fourth-order valence-corrected chi connectivity index (χ4v) is 2.20. The molecule has 3 heteroatoms. The monoisotopic (exact) mass is 260 g/mol.